The summed E-state index contributed by atoms with van der Waals surface area (Å²) < 4.78 is 166. The highest BCUT2D eigenvalue weighted by Crippen LogP contribution is 2.57. The van der Waals surface area contributed by atoms with Gasteiger partial charge in [-0.25, -0.2) is 9.59 Å². The van der Waals surface area contributed by atoms with Crippen LogP contribution in [-0.2, 0) is 55.7 Å². The van der Waals surface area contributed by atoms with Crippen molar-refractivity contribution < 1.29 is 75.3 Å². The van der Waals surface area contributed by atoms with Crippen molar-refractivity contribution in [3.63, 3.8) is 0 Å². The Bertz CT molecular complexity index is 2530. The molecule has 0 fully saturated rings. The summed E-state index contributed by atoms with van der Waals surface area (Å²) in [5.41, 5.74) is -3.49. The lowest BCUT2D eigenvalue weighted by molar-refractivity contribution is -0.138. The highest BCUT2D eigenvalue weighted by atomic mass is 32.2. The highest BCUT2D eigenvalue weighted by molar-refractivity contribution is 7.86. The molecule has 0 aliphatic heterocycles. The van der Waals surface area contributed by atoms with Gasteiger partial charge in [-0.05, 0) is 66.9 Å². The molecule has 312 valence electrons. The number of halogens is 6. The monoisotopic (exact) mass is 870 g/mol. The van der Waals surface area contributed by atoms with E-state index in [4.69, 9.17) is 31.5 Å². The average Bonchev–Trinajstić information content (AvgIpc) is 3.75. The van der Waals surface area contributed by atoms with E-state index in [1.54, 1.807) is 54.6 Å². The van der Waals surface area contributed by atoms with Gasteiger partial charge < -0.3 is 31.5 Å². The van der Waals surface area contributed by atoms with Crippen LogP contribution in [0.25, 0.3) is 22.6 Å². The number of hydrogen-bond donors (Lipinski definition) is 1. The SMILES string of the molecule is O=c1oc(COP(=O)(OCc2oc(=O)oc2-c2ccc(C(F)(F)F)cc2)C(CCc2cccc(Oc3ccccc3)c2)CS(=O)(=O)O)c(-c2ccc(C(F)(F)F)cc2)o1. The van der Waals surface area contributed by atoms with Crippen molar-refractivity contribution in [2.45, 2.75) is 44.1 Å². The summed E-state index contributed by atoms with van der Waals surface area (Å²) >= 11 is 0. The standard InChI is InChI=1S/C38H29F6O13PS/c39-37(40,41)26-14-10-24(11-15-26)33-31(54-35(45)56-33)20-51-58(47,52-21-32-34(57-36(46)55-32)25-12-16-27(17-13-25)38(42,43)44)30(22-59(48,49)50)18-9-23-5-4-8-29(19-23)53-28-6-2-1-3-7-28/h1-8,10-17,19,30H,9,18,20-22H2,(H,48,49,50). The van der Waals surface area contributed by atoms with Gasteiger partial charge in [0, 0.05) is 11.1 Å². The predicted octanol–water partition coefficient (Wildman–Crippen LogP) is 9.76. The van der Waals surface area contributed by atoms with Crippen molar-refractivity contribution in [2.75, 3.05) is 5.75 Å². The molecule has 2 heterocycles. The summed E-state index contributed by atoms with van der Waals surface area (Å²) in [5, 5.41) is 0. The van der Waals surface area contributed by atoms with Crippen molar-refractivity contribution in [2.24, 2.45) is 0 Å². The molecule has 59 heavy (non-hydrogen) atoms. The highest BCUT2D eigenvalue weighted by Gasteiger charge is 2.41. The van der Waals surface area contributed by atoms with Crippen LogP contribution in [0.2, 0.25) is 0 Å². The number of ether oxygens (including phenoxy) is 1. The fourth-order valence-corrected chi connectivity index (χ4v) is 9.19. The minimum Gasteiger partial charge on any atom is -0.457 e. The maximum absolute atomic E-state index is 14.9. The zero-order valence-electron chi connectivity index (χ0n) is 29.9. The van der Waals surface area contributed by atoms with Crippen molar-refractivity contribution in [3.05, 3.63) is 153 Å². The second-order valence-corrected chi connectivity index (χ2v) is 16.5. The number of benzene rings is 4. The molecular formula is C38H29F6O13PS. The molecule has 1 unspecified atom stereocenters. The fraction of sp³-hybridized carbons (Fsp3) is 0.211. The molecule has 2 aromatic heterocycles. The largest absolute Gasteiger partial charge is 0.519 e. The first-order chi connectivity index (χ1) is 27.8. The summed E-state index contributed by atoms with van der Waals surface area (Å²) in [6, 6.07) is 21.8. The molecule has 4 aromatic carbocycles. The third-order valence-corrected chi connectivity index (χ3v) is 11.9. The fourth-order valence-electron chi connectivity index (χ4n) is 5.71. The van der Waals surface area contributed by atoms with Gasteiger partial charge in [0.15, 0.2) is 23.0 Å². The van der Waals surface area contributed by atoms with E-state index < -0.39 is 101 Å². The Morgan fingerprint density at radius 2 is 1.12 bits per heavy atom. The minimum absolute atomic E-state index is 0.0436. The molecule has 1 N–H and O–H groups in total. The summed E-state index contributed by atoms with van der Waals surface area (Å²) in [5.74, 6) is -4.97. The third-order valence-electron chi connectivity index (χ3n) is 8.48. The van der Waals surface area contributed by atoms with Crippen LogP contribution in [-0.4, -0.2) is 24.4 Å². The van der Waals surface area contributed by atoms with Crippen molar-refractivity contribution in [3.8, 4) is 34.1 Å². The van der Waals surface area contributed by atoms with Crippen LogP contribution in [0.5, 0.6) is 11.5 Å². The summed E-state index contributed by atoms with van der Waals surface area (Å²) in [6.07, 6.45) is -9.80. The van der Waals surface area contributed by atoms with Crippen molar-refractivity contribution >= 4 is 17.7 Å². The number of alkyl halides is 6. The van der Waals surface area contributed by atoms with Crippen LogP contribution < -0.4 is 16.4 Å². The van der Waals surface area contributed by atoms with E-state index in [-0.39, 0.29) is 24.0 Å². The minimum atomic E-state index is -5.00. The van der Waals surface area contributed by atoms with E-state index in [1.807, 2.05) is 0 Å². The van der Waals surface area contributed by atoms with E-state index in [0.717, 1.165) is 24.3 Å². The van der Waals surface area contributed by atoms with Crippen LogP contribution in [0, 0.1) is 0 Å². The number of hydrogen-bond acceptors (Lipinski definition) is 12. The van der Waals surface area contributed by atoms with Crippen LogP contribution >= 0.6 is 7.60 Å². The zero-order valence-corrected chi connectivity index (χ0v) is 31.6. The van der Waals surface area contributed by atoms with Gasteiger partial charge in [-0.2, -0.15) is 34.8 Å². The quantitative estimate of drug-likeness (QED) is 0.0551. The zero-order chi connectivity index (χ0) is 42.6. The van der Waals surface area contributed by atoms with Gasteiger partial charge in [0.25, 0.3) is 10.1 Å². The third kappa shape index (κ3) is 11.3. The Hall–Kier alpha value is -5.66. The van der Waals surface area contributed by atoms with Gasteiger partial charge in [0.2, 0.25) is 0 Å². The smallest absolute Gasteiger partial charge is 0.457 e. The summed E-state index contributed by atoms with van der Waals surface area (Å²) in [7, 11) is -9.98. The molecule has 0 amide bonds. The molecule has 0 aliphatic carbocycles. The van der Waals surface area contributed by atoms with Crippen molar-refractivity contribution in [1.82, 2.24) is 0 Å². The number of aryl methyl sites for hydroxylation is 1. The van der Waals surface area contributed by atoms with Gasteiger partial charge in [0.1, 0.15) is 24.7 Å². The van der Waals surface area contributed by atoms with E-state index in [0.29, 0.717) is 41.3 Å². The van der Waals surface area contributed by atoms with Crippen LogP contribution in [0.1, 0.15) is 34.6 Å². The van der Waals surface area contributed by atoms with E-state index in [2.05, 4.69) is 0 Å². The lowest BCUT2D eigenvalue weighted by Gasteiger charge is -2.26. The first kappa shape index (κ1) is 42.9. The normalized spacial score (nSPS) is 13.1. The lowest BCUT2D eigenvalue weighted by atomic mass is 10.1. The Morgan fingerprint density at radius 3 is 1.58 bits per heavy atom. The van der Waals surface area contributed by atoms with Gasteiger partial charge in [-0.1, -0.05) is 54.6 Å². The first-order valence-electron chi connectivity index (χ1n) is 17.0. The number of para-hydroxylation sites is 1. The van der Waals surface area contributed by atoms with E-state index in [9.17, 15) is 53.5 Å². The molecule has 0 saturated carbocycles. The topological polar surface area (TPSA) is 186 Å². The second-order valence-electron chi connectivity index (χ2n) is 12.7. The summed E-state index contributed by atoms with van der Waals surface area (Å²) in [4.78, 5) is 24.4. The number of rotatable bonds is 16. The van der Waals surface area contributed by atoms with Gasteiger partial charge >= 0.3 is 31.6 Å². The Labute approximate surface area is 329 Å². The molecule has 0 radical (unpaired) electrons. The Balaban J connectivity index is 1.33. The van der Waals surface area contributed by atoms with Gasteiger partial charge in [-0.3, -0.25) is 9.12 Å². The Morgan fingerprint density at radius 1 is 0.644 bits per heavy atom. The molecule has 0 aliphatic rings. The predicted molar refractivity (Wildman–Crippen MR) is 194 cm³/mol. The van der Waals surface area contributed by atoms with E-state index >= 15 is 0 Å². The van der Waals surface area contributed by atoms with Crippen LogP contribution in [0.3, 0.4) is 0 Å². The maximum Gasteiger partial charge on any atom is 0.519 e. The van der Waals surface area contributed by atoms with E-state index in [1.165, 1.54) is 0 Å². The molecule has 0 spiro atoms. The Kier molecular flexibility index (Phi) is 12.6. The van der Waals surface area contributed by atoms with Gasteiger partial charge in [0.05, 0.1) is 22.5 Å². The molecular weight excluding hydrogens is 841 g/mol. The molecule has 0 saturated heterocycles. The first-order valence-corrected chi connectivity index (χ1v) is 20.2. The molecule has 6 rings (SSSR count). The van der Waals surface area contributed by atoms with Crippen molar-refractivity contribution in [1.29, 1.82) is 0 Å². The lowest BCUT2D eigenvalue weighted by Crippen LogP contribution is -2.24. The maximum atomic E-state index is 14.9. The molecule has 1 atom stereocenters. The van der Waals surface area contributed by atoms with Crippen LogP contribution in [0.15, 0.2) is 130 Å². The van der Waals surface area contributed by atoms with Crippen LogP contribution in [0.4, 0.5) is 26.3 Å². The second kappa shape index (κ2) is 17.3. The van der Waals surface area contributed by atoms with Gasteiger partial charge in [-0.15, -0.1) is 0 Å². The summed E-state index contributed by atoms with van der Waals surface area (Å²) in [6.45, 7) is -1.99. The molecule has 0 bridgehead atoms. The molecule has 21 heteroatoms. The average molecular weight is 871 g/mol. The molecule has 13 nitrogen and oxygen atoms in total. The molecule has 6 aromatic rings.